The highest BCUT2D eigenvalue weighted by atomic mass is 32.2. The SMILES string of the molecule is NC(CSCC(=O)[O-])C(=O)O. The Balaban J connectivity index is 3.39. The molecule has 0 aromatic carbocycles. The highest BCUT2D eigenvalue weighted by molar-refractivity contribution is 7.99. The average molecular weight is 178 g/mol. The van der Waals surface area contributed by atoms with Crippen molar-refractivity contribution in [2.75, 3.05) is 11.5 Å². The van der Waals surface area contributed by atoms with Gasteiger partial charge >= 0.3 is 5.97 Å². The van der Waals surface area contributed by atoms with Crippen LogP contribution in [0.2, 0.25) is 0 Å². The molecule has 64 valence electrons. The normalized spacial score (nSPS) is 12.5. The van der Waals surface area contributed by atoms with Gasteiger partial charge in [0.15, 0.2) is 0 Å². The second kappa shape index (κ2) is 4.97. The van der Waals surface area contributed by atoms with Crippen molar-refractivity contribution < 1.29 is 19.8 Å². The van der Waals surface area contributed by atoms with Crippen molar-refractivity contribution in [3.05, 3.63) is 0 Å². The van der Waals surface area contributed by atoms with Crippen LogP contribution in [0.15, 0.2) is 0 Å². The van der Waals surface area contributed by atoms with Gasteiger partial charge in [0.2, 0.25) is 0 Å². The Labute approximate surface area is 67.6 Å². The summed E-state index contributed by atoms with van der Waals surface area (Å²) in [6, 6.07) is -1.00. The van der Waals surface area contributed by atoms with E-state index in [9.17, 15) is 14.7 Å². The van der Waals surface area contributed by atoms with Crippen LogP contribution >= 0.6 is 11.8 Å². The van der Waals surface area contributed by atoms with E-state index in [0.717, 1.165) is 11.8 Å². The number of aliphatic carboxylic acids is 2. The van der Waals surface area contributed by atoms with Crippen molar-refractivity contribution in [3.8, 4) is 0 Å². The van der Waals surface area contributed by atoms with Gasteiger partial charge in [-0.1, -0.05) is 0 Å². The lowest BCUT2D eigenvalue weighted by atomic mass is 10.4. The van der Waals surface area contributed by atoms with E-state index in [4.69, 9.17) is 10.8 Å². The van der Waals surface area contributed by atoms with Crippen LogP contribution in [0.4, 0.5) is 0 Å². The molecule has 0 heterocycles. The second-order valence-corrected chi connectivity index (χ2v) is 2.86. The first-order valence-electron chi connectivity index (χ1n) is 2.80. The van der Waals surface area contributed by atoms with Gasteiger partial charge in [-0.15, -0.1) is 0 Å². The fourth-order valence-corrected chi connectivity index (χ4v) is 1.02. The van der Waals surface area contributed by atoms with E-state index in [1.807, 2.05) is 0 Å². The molecule has 0 fully saturated rings. The summed E-state index contributed by atoms with van der Waals surface area (Å²) in [5, 5.41) is 18.1. The fourth-order valence-electron chi connectivity index (χ4n) is 0.341. The number of nitrogens with two attached hydrogens (primary N) is 1. The van der Waals surface area contributed by atoms with Gasteiger partial charge in [-0.05, 0) is 0 Å². The molecule has 1 unspecified atom stereocenters. The van der Waals surface area contributed by atoms with E-state index < -0.39 is 18.0 Å². The van der Waals surface area contributed by atoms with Crippen LogP contribution in [0.25, 0.3) is 0 Å². The average Bonchev–Trinajstić information content (AvgIpc) is 1.86. The maximum atomic E-state index is 10.1. The van der Waals surface area contributed by atoms with Crippen molar-refractivity contribution in [3.63, 3.8) is 0 Å². The van der Waals surface area contributed by atoms with Gasteiger partial charge in [0, 0.05) is 11.5 Å². The fraction of sp³-hybridized carbons (Fsp3) is 0.600. The molecule has 11 heavy (non-hydrogen) atoms. The van der Waals surface area contributed by atoms with Crippen LogP contribution in [0.3, 0.4) is 0 Å². The van der Waals surface area contributed by atoms with Gasteiger partial charge in [0.1, 0.15) is 6.04 Å². The van der Waals surface area contributed by atoms with Crippen LogP contribution in [0.1, 0.15) is 0 Å². The van der Waals surface area contributed by atoms with Crippen LogP contribution < -0.4 is 10.8 Å². The number of carbonyl (C=O) groups excluding carboxylic acids is 1. The molecule has 1 atom stereocenters. The summed E-state index contributed by atoms with van der Waals surface area (Å²) in [6.45, 7) is 0. The molecule has 3 N–H and O–H groups in total. The molecular formula is C5H8NO4S-. The molecule has 0 aromatic rings. The Hall–Kier alpha value is -0.750. The third-order valence-corrected chi connectivity index (χ3v) is 1.87. The maximum absolute atomic E-state index is 10.1. The topological polar surface area (TPSA) is 103 Å². The smallest absolute Gasteiger partial charge is 0.321 e. The van der Waals surface area contributed by atoms with E-state index in [1.165, 1.54) is 0 Å². The number of carboxylic acid groups (broad SMARTS) is 2. The number of carbonyl (C=O) groups is 2. The lowest BCUT2D eigenvalue weighted by Gasteiger charge is -2.05. The predicted molar refractivity (Wildman–Crippen MR) is 37.9 cm³/mol. The Morgan fingerprint density at radius 3 is 2.55 bits per heavy atom. The van der Waals surface area contributed by atoms with Crippen LogP contribution in [-0.2, 0) is 9.59 Å². The highest BCUT2D eigenvalue weighted by Gasteiger charge is 2.10. The quantitative estimate of drug-likeness (QED) is 0.499. The summed E-state index contributed by atoms with van der Waals surface area (Å²) in [6.07, 6.45) is 0. The zero-order valence-electron chi connectivity index (χ0n) is 5.65. The molecule has 6 heteroatoms. The van der Waals surface area contributed by atoms with Crippen LogP contribution in [-0.4, -0.2) is 34.6 Å². The first kappa shape index (κ1) is 10.2. The molecular weight excluding hydrogens is 170 g/mol. The molecule has 0 aliphatic carbocycles. The first-order chi connectivity index (χ1) is 5.04. The molecule has 0 amide bonds. The Bertz CT molecular complexity index is 161. The Kier molecular flexibility index (Phi) is 4.64. The Morgan fingerprint density at radius 2 is 2.18 bits per heavy atom. The van der Waals surface area contributed by atoms with Crippen molar-refractivity contribution >= 4 is 23.7 Å². The second-order valence-electron chi connectivity index (χ2n) is 1.83. The van der Waals surface area contributed by atoms with Crippen LogP contribution in [0.5, 0.6) is 0 Å². The molecule has 0 bridgehead atoms. The molecule has 0 aliphatic heterocycles. The number of thioether (sulfide) groups is 1. The molecule has 0 rings (SSSR count). The number of rotatable bonds is 5. The van der Waals surface area contributed by atoms with Crippen molar-refractivity contribution in [1.29, 1.82) is 0 Å². The van der Waals surface area contributed by atoms with Gasteiger partial charge in [-0.3, -0.25) is 4.79 Å². The molecule has 5 nitrogen and oxygen atoms in total. The van der Waals surface area contributed by atoms with Gasteiger partial charge in [-0.2, -0.15) is 11.8 Å². The number of hydrogen-bond acceptors (Lipinski definition) is 5. The summed E-state index contributed by atoms with van der Waals surface area (Å²) >= 11 is 0.930. The van der Waals surface area contributed by atoms with E-state index in [1.54, 1.807) is 0 Å². The number of hydrogen-bond donors (Lipinski definition) is 2. The lowest BCUT2D eigenvalue weighted by Crippen LogP contribution is -2.33. The summed E-state index contributed by atoms with van der Waals surface area (Å²) < 4.78 is 0. The molecule has 0 aromatic heterocycles. The zero-order valence-corrected chi connectivity index (χ0v) is 6.47. The van der Waals surface area contributed by atoms with Gasteiger partial charge in [0.25, 0.3) is 0 Å². The molecule has 0 radical (unpaired) electrons. The van der Waals surface area contributed by atoms with Crippen molar-refractivity contribution in [1.82, 2.24) is 0 Å². The van der Waals surface area contributed by atoms with E-state index in [0.29, 0.717) is 0 Å². The first-order valence-corrected chi connectivity index (χ1v) is 3.95. The minimum atomic E-state index is -1.22. The van der Waals surface area contributed by atoms with E-state index in [-0.39, 0.29) is 11.5 Å². The van der Waals surface area contributed by atoms with Crippen LogP contribution in [0, 0.1) is 0 Å². The van der Waals surface area contributed by atoms with E-state index in [2.05, 4.69) is 0 Å². The summed E-state index contributed by atoms with van der Waals surface area (Å²) in [5.74, 6) is -2.48. The monoisotopic (exact) mass is 178 g/mol. The minimum absolute atomic E-state index is 0.0866. The summed E-state index contributed by atoms with van der Waals surface area (Å²) in [5.41, 5.74) is 5.07. The standard InChI is InChI=1S/C5H9NO4S/c6-3(5(9)10)1-11-2-4(7)8/h3H,1-2,6H2,(H,7,8)(H,9,10)/p-1. The third kappa shape index (κ3) is 5.68. The maximum Gasteiger partial charge on any atom is 0.321 e. The van der Waals surface area contributed by atoms with Crippen molar-refractivity contribution in [2.24, 2.45) is 5.73 Å². The Morgan fingerprint density at radius 1 is 1.64 bits per heavy atom. The lowest BCUT2D eigenvalue weighted by molar-refractivity contribution is -0.301. The van der Waals surface area contributed by atoms with E-state index >= 15 is 0 Å². The van der Waals surface area contributed by atoms with Gasteiger partial charge in [0.05, 0.1) is 5.97 Å². The zero-order chi connectivity index (χ0) is 8.85. The van der Waals surface area contributed by atoms with Gasteiger partial charge < -0.3 is 20.7 Å². The predicted octanol–water partition coefficient (Wildman–Crippen LogP) is -2.12. The van der Waals surface area contributed by atoms with Crippen molar-refractivity contribution in [2.45, 2.75) is 6.04 Å². The largest absolute Gasteiger partial charge is 0.549 e. The minimum Gasteiger partial charge on any atom is -0.549 e. The summed E-state index contributed by atoms with van der Waals surface area (Å²) in [7, 11) is 0. The third-order valence-electron chi connectivity index (χ3n) is 0.835. The molecule has 0 saturated carbocycles. The highest BCUT2D eigenvalue weighted by Crippen LogP contribution is 1.99. The molecule has 0 saturated heterocycles. The molecule has 0 spiro atoms. The number of carboxylic acids is 2. The molecule has 0 aliphatic rings. The summed E-state index contributed by atoms with van der Waals surface area (Å²) in [4.78, 5) is 19.9. The van der Waals surface area contributed by atoms with Gasteiger partial charge in [-0.25, -0.2) is 0 Å².